The summed E-state index contributed by atoms with van der Waals surface area (Å²) in [6, 6.07) is 15.3. The van der Waals surface area contributed by atoms with Crippen molar-refractivity contribution in [2.75, 3.05) is 13.2 Å². The Morgan fingerprint density at radius 3 is 2.62 bits per heavy atom. The molecule has 1 N–H and O–H groups in total. The van der Waals surface area contributed by atoms with Gasteiger partial charge in [0.1, 0.15) is 17.5 Å². The van der Waals surface area contributed by atoms with Crippen molar-refractivity contribution in [2.24, 2.45) is 0 Å². The topological polar surface area (TPSA) is 76.1 Å². The first-order chi connectivity index (χ1) is 15.5. The van der Waals surface area contributed by atoms with E-state index in [0.717, 1.165) is 47.1 Å². The van der Waals surface area contributed by atoms with E-state index in [1.54, 1.807) is 6.08 Å². The zero-order valence-electron chi connectivity index (χ0n) is 17.8. The van der Waals surface area contributed by atoms with Gasteiger partial charge in [-0.3, -0.25) is 14.5 Å². The number of carboxylic acid groups (broad SMARTS) is 1. The van der Waals surface area contributed by atoms with Crippen molar-refractivity contribution in [1.29, 1.82) is 0 Å². The van der Waals surface area contributed by atoms with Crippen molar-refractivity contribution >= 4 is 46.3 Å². The SMILES string of the molecule is CCCCCOc1ccc(/C=C2\SC(=S)N(CC(=O)O)C2=O)cc1OCc1ccccc1. The average Bonchev–Trinajstić information content (AvgIpc) is 3.04. The molecule has 0 aliphatic carbocycles. The van der Waals surface area contributed by atoms with E-state index in [2.05, 4.69) is 6.92 Å². The average molecular weight is 472 g/mol. The van der Waals surface area contributed by atoms with E-state index >= 15 is 0 Å². The number of aliphatic carboxylic acids is 1. The largest absolute Gasteiger partial charge is 0.490 e. The number of hydrogen-bond acceptors (Lipinski definition) is 6. The number of amides is 1. The molecule has 0 saturated carbocycles. The van der Waals surface area contributed by atoms with Crippen LogP contribution in [0.4, 0.5) is 0 Å². The third-order valence-corrected chi connectivity index (χ3v) is 6.05. The van der Waals surface area contributed by atoms with Crippen LogP contribution in [0, 0.1) is 0 Å². The third-order valence-electron chi connectivity index (χ3n) is 4.68. The van der Waals surface area contributed by atoms with E-state index < -0.39 is 18.4 Å². The number of carboxylic acids is 1. The van der Waals surface area contributed by atoms with Crippen LogP contribution in [0.5, 0.6) is 11.5 Å². The van der Waals surface area contributed by atoms with Gasteiger partial charge in [0.2, 0.25) is 0 Å². The smallest absolute Gasteiger partial charge is 0.323 e. The van der Waals surface area contributed by atoms with Crippen LogP contribution in [0.1, 0.15) is 37.3 Å². The number of thiocarbonyl (C=S) groups is 1. The van der Waals surface area contributed by atoms with Crippen molar-refractivity contribution in [3.63, 3.8) is 0 Å². The maximum absolute atomic E-state index is 12.6. The summed E-state index contributed by atoms with van der Waals surface area (Å²) in [5, 5.41) is 9.00. The molecule has 2 aromatic rings. The van der Waals surface area contributed by atoms with Gasteiger partial charge in [0.15, 0.2) is 11.5 Å². The third kappa shape index (κ3) is 6.58. The van der Waals surface area contributed by atoms with Gasteiger partial charge >= 0.3 is 5.97 Å². The lowest BCUT2D eigenvalue weighted by Crippen LogP contribution is -2.33. The standard InChI is InChI=1S/C24H25NO5S2/c1-2-3-7-12-29-19-11-10-18(13-20(19)30-16-17-8-5-4-6-9-17)14-21-23(28)25(15-22(26)27)24(31)32-21/h4-6,8-11,13-14H,2-3,7,12,15-16H2,1H3,(H,26,27)/b21-14-. The fourth-order valence-corrected chi connectivity index (χ4v) is 4.29. The first-order valence-electron chi connectivity index (χ1n) is 10.4. The fraction of sp³-hybridized carbons (Fsp3) is 0.292. The number of rotatable bonds is 11. The Morgan fingerprint density at radius 2 is 1.91 bits per heavy atom. The molecule has 0 bridgehead atoms. The van der Waals surface area contributed by atoms with E-state index in [9.17, 15) is 9.59 Å². The number of benzene rings is 2. The molecule has 1 amide bonds. The maximum Gasteiger partial charge on any atom is 0.323 e. The second-order valence-corrected chi connectivity index (χ2v) is 8.87. The zero-order valence-corrected chi connectivity index (χ0v) is 19.4. The van der Waals surface area contributed by atoms with Gasteiger partial charge in [0.25, 0.3) is 5.91 Å². The summed E-state index contributed by atoms with van der Waals surface area (Å²) in [4.78, 5) is 25.0. The van der Waals surface area contributed by atoms with Crippen LogP contribution in [0.25, 0.3) is 6.08 Å². The molecule has 3 rings (SSSR count). The van der Waals surface area contributed by atoms with Crippen molar-refractivity contribution < 1.29 is 24.2 Å². The number of thioether (sulfide) groups is 1. The highest BCUT2D eigenvalue weighted by Crippen LogP contribution is 2.35. The highest BCUT2D eigenvalue weighted by atomic mass is 32.2. The molecule has 1 aliphatic rings. The second kappa shape index (κ2) is 11.7. The number of carbonyl (C=O) groups excluding carboxylic acids is 1. The highest BCUT2D eigenvalue weighted by molar-refractivity contribution is 8.26. The van der Waals surface area contributed by atoms with Gasteiger partial charge < -0.3 is 14.6 Å². The molecule has 1 saturated heterocycles. The Hall–Kier alpha value is -2.84. The molecule has 0 radical (unpaired) electrons. The van der Waals surface area contributed by atoms with Gasteiger partial charge in [-0.2, -0.15) is 0 Å². The number of nitrogens with zero attached hydrogens (tertiary/aromatic N) is 1. The molecule has 0 atom stereocenters. The Balaban J connectivity index is 1.80. The van der Waals surface area contributed by atoms with Crippen molar-refractivity contribution in [3.05, 3.63) is 64.6 Å². The fourth-order valence-electron chi connectivity index (χ4n) is 3.04. The molecular formula is C24H25NO5S2. The van der Waals surface area contributed by atoms with Crippen molar-refractivity contribution in [2.45, 2.75) is 32.8 Å². The highest BCUT2D eigenvalue weighted by Gasteiger charge is 2.33. The van der Waals surface area contributed by atoms with Gasteiger partial charge in [0, 0.05) is 0 Å². The Bertz CT molecular complexity index is 1010. The van der Waals surface area contributed by atoms with Gasteiger partial charge in [-0.05, 0) is 35.8 Å². The number of hydrogen-bond donors (Lipinski definition) is 1. The lowest BCUT2D eigenvalue weighted by Gasteiger charge is -2.14. The summed E-state index contributed by atoms with van der Waals surface area (Å²) in [6.07, 6.45) is 4.86. The predicted molar refractivity (Wildman–Crippen MR) is 130 cm³/mol. The molecule has 168 valence electrons. The van der Waals surface area contributed by atoms with Crippen LogP contribution in [-0.2, 0) is 16.2 Å². The monoisotopic (exact) mass is 471 g/mol. The molecule has 0 aromatic heterocycles. The van der Waals surface area contributed by atoms with Gasteiger partial charge in [-0.15, -0.1) is 0 Å². The maximum atomic E-state index is 12.6. The summed E-state index contributed by atoms with van der Waals surface area (Å²) < 4.78 is 12.2. The molecule has 0 unspecified atom stereocenters. The van der Waals surface area contributed by atoms with Gasteiger partial charge in [-0.25, -0.2) is 0 Å². The molecule has 1 fully saturated rings. The quantitative estimate of drug-likeness (QED) is 0.277. The summed E-state index contributed by atoms with van der Waals surface area (Å²) in [5.74, 6) is -0.287. The Morgan fingerprint density at radius 1 is 1.12 bits per heavy atom. The minimum Gasteiger partial charge on any atom is -0.490 e. The van der Waals surface area contributed by atoms with Crippen LogP contribution in [0.2, 0.25) is 0 Å². The summed E-state index contributed by atoms with van der Waals surface area (Å²) in [6.45, 7) is 2.68. The first-order valence-corrected chi connectivity index (χ1v) is 11.6. The minimum absolute atomic E-state index is 0.236. The molecule has 1 heterocycles. The summed E-state index contributed by atoms with van der Waals surface area (Å²) in [5.41, 5.74) is 1.77. The van der Waals surface area contributed by atoms with Crippen LogP contribution in [-0.4, -0.2) is 39.4 Å². The second-order valence-electron chi connectivity index (χ2n) is 7.20. The van der Waals surface area contributed by atoms with Crippen LogP contribution >= 0.6 is 24.0 Å². The summed E-state index contributed by atoms with van der Waals surface area (Å²) in [7, 11) is 0. The lowest BCUT2D eigenvalue weighted by molar-refractivity contribution is -0.140. The minimum atomic E-state index is -1.11. The van der Waals surface area contributed by atoms with Crippen molar-refractivity contribution in [1.82, 2.24) is 4.90 Å². The van der Waals surface area contributed by atoms with Crippen molar-refractivity contribution in [3.8, 4) is 11.5 Å². The lowest BCUT2D eigenvalue weighted by atomic mass is 10.1. The normalized spacial score (nSPS) is 14.8. The van der Waals surface area contributed by atoms with E-state index in [4.69, 9.17) is 26.8 Å². The van der Waals surface area contributed by atoms with Crippen LogP contribution in [0.15, 0.2) is 53.4 Å². The van der Waals surface area contributed by atoms with Crippen LogP contribution in [0.3, 0.4) is 0 Å². The predicted octanol–water partition coefficient (Wildman–Crippen LogP) is 5.12. The van der Waals surface area contributed by atoms with E-state index in [0.29, 0.717) is 29.6 Å². The zero-order chi connectivity index (χ0) is 22.9. The van der Waals surface area contributed by atoms with Gasteiger partial charge in [0.05, 0.1) is 11.5 Å². The molecule has 32 heavy (non-hydrogen) atoms. The van der Waals surface area contributed by atoms with Crippen LogP contribution < -0.4 is 9.47 Å². The summed E-state index contributed by atoms with van der Waals surface area (Å²) >= 11 is 6.25. The molecular weight excluding hydrogens is 446 g/mol. The number of unbranched alkanes of at least 4 members (excludes halogenated alkanes) is 2. The molecule has 1 aliphatic heterocycles. The van der Waals surface area contributed by atoms with E-state index in [1.807, 2.05) is 48.5 Å². The molecule has 6 nitrogen and oxygen atoms in total. The van der Waals surface area contributed by atoms with E-state index in [-0.39, 0.29) is 4.32 Å². The molecule has 2 aromatic carbocycles. The number of carbonyl (C=O) groups is 2. The Kier molecular flexibility index (Phi) is 8.70. The van der Waals surface area contributed by atoms with E-state index in [1.165, 1.54) is 0 Å². The van der Waals surface area contributed by atoms with Gasteiger partial charge in [-0.1, -0.05) is 80.1 Å². The molecule has 0 spiro atoms. The Labute approximate surface area is 197 Å². The first kappa shape index (κ1) is 23.8. The molecule has 8 heteroatoms. The number of ether oxygens (including phenoxy) is 2.